The summed E-state index contributed by atoms with van der Waals surface area (Å²) in [4.78, 5) is 0. The third-order valence-electron chi connectivity index (χ3n) is 4.48. The van der Waals surface area contributed by atoms with Gasteiger partial charge in [0.2, 0.25) is 0 Å². The highest BCUT2D eigenvalue weighted by Crippen LogP contribution is 2.37. The number of hydrogen-bond donors (Lipinski definition) is 2. The van der Waals surface area contributed by atoms with E-state index in [1.165, 1.54) is 11.3 Å². The average molecular weight is 429 g/mol. The van der Waals surface area contributed by atoms with Gasteiger partial charge in [0, 0.05) is 16.3 Å². The Morgan fingerprint density at radius 2 is 2.04 bits per heavy atom. The Balaban J connectivity index is 0.00000196. The molecule has 26 heavy (non-hydrogen) atoms. The zero-order valence-corrected chi connectivity index (χ0v) is 17.2. The number of nitrogens with one attached hydrogen (secondary N) is 2. The van der Waals surface area contributed by atoms with E-state index in [1.807, 2.05) is 37.3 Å². The molecule has 4 nitrogen and oxygen atoms in total. The van der Waals surface area contributed by atoms with Crippen molar-refractivity contribution in [1.82, 2.24) is 5.32 Å². The van der Waals surface area contributed by atoms with Gasteiger partial charge in [0.1, 0.15) is 4.21 Å². The van der Waals surface area contributed by atoms with Crippen LogP contribution in [-0.2, 0) is 23.0 Å². The van der Waals surface area contributed by atoms with Crippen LogP contribution in [-0.4, -0.2) is 15.0 Å². The summed E-state index contributed by atoms with van der Waals surface area (Å²) in [5.41, 5.74) is 3.63. The van der Waals surface area contributed by atoms with Crippen LogP contribution in [0.3, 0.4) is 0 Å². The first-order valence-electron chi connectivity index (χ1n) is 7.99. The van der Waals surface area contributed by atoms with Crippen molar-refractivity contribution >= 4 is 61.1 Å². The van der Waals surface area contributed by atoms with Crippen molar-refractivity contribution in [3.05, 3.63) is 58.1 Å². The normalized spacial score (nSPS) is 13.9. The van der Waals surface area contributed by atoms with E-state index in [1.54, 1.807) is 6.07 Å². The van der Waals surface area contributed by atoms with E-state index in [0.29, 0.717) is 14.9 Å². The van der Waals surface area contributed by atoms with Gasteiger partial charge in [-0.15, -0.1) is 23.7 Å². The molecule has 0 bridgehead atoms. The molecule has 0 aliphatic carbocycles. The number of rotatable bonds is 3. The van der Waals surface area contributed by atoms with E-state index < -0.39 is 10.0 Å². The fourth-order valence-electron chi connectivity index (χ4n) is 3.25. The molecule has 0 atom stereocenters. The molecule has 4 rings (SSSR count). The molecule has 2 heterocycles. The number of fused-ring (bicyclic) bond motifs is 2. The summed E-state index contributed by atoms with van der Waals surface area (Å²) >= 11 is 7.33. The molecule has 0 fully saturated rings. The van der Waals surface area contributed by atoms with Crippen LogP contribution in [0.2, 0.25) is 5.02 Å². The first kappa shape index (κ1) is 19.5. The molecule has 1 aromatic heterocycles. The molecular formula is C18H18Cl2N2O2S2. The third-order valence-corrected chi connectivity index (χ3v) is 7.98. The predicted octanol–water partition coefficient (Wildman–Crippen LogP) is 4.73. The summed E-state index contributed by atoms with van der Waals surface area (Å²) in [6.45, 7) is 3.45. The molecule has 0 saturated heterocycles. The van der Waals surface area contributed by atoms with Gasteiger partial charge >= 0.3 is 0 Å². The largest absolute Gasteiger partial charge is 0.312 e. The Hall–Kier alpha value is -1.31. The highest BCUT2D eigenvalue weighted by Gasteiger charge is 2.24. The average Bonchev–Trinajstić information content (AvgIpc) is 2.92. The van der Waals surface area contributed by atoms with Crippen molar-refractivity contribution < 1.29 is 8.42 Å². The number of halogens is 2. The lowest BCUT2D eigenvalue weighted by atomic mass is 9.99. The highest BCUT2D eigenvalue weighted by molar-refractivity contribution is 7.94. The molecule has 2 aromatic carbocycles. The fraction of sp³-hybridized carbons (Fsp3) is 0.222. The second kappa shape index (κ2) is 7.37. The van der Waals surface area contributed by atoms with E-state index in [2.05, 4.69) is 10.0 Å². The van der Waals surface area contributed by atoms with Crippen LogP contribution in [0.25, 0.3) is 10.1 Å². The number of thiophene rings is 1. The summed E-state index contributed by atoms with van der Waals surface area (Å²) in [6, 6.07) is 11.2. The predicted molar refractivity (Wildman–Crippen MR) is 111 cm³/mol. The van der Waals surface area contributed by atoms with Crippen LogP contribution in [0, 0.1) is 6.92 Å². The lowest BCUT2D eigenvalue weighted by Gasteiger charge is -2.20. The third kappa shape index (κ3) is 3.44. The van der Waals surface area contributed by atoms with Gasteiger partial charge in [0.25, 0.3) is 10.0 Å². The minimum atomic E-state index is -3.65. The Bertz CT molecular complexity index is 1080. The molecule has 8 heteroatoms. The van der Waals surface area contributed by atoms with E-state index in [-0.39, 0.29) is 12.4 Å². The molecule has 0 unspecified atom stereocenters. The van der Waals surface area contributed by atoms with Crippen LogP contribution in [0.15, 0.2) is 40.6 Å². The Morgan fingerprint density at radius 3 is 2.85 bits per heavy atom. The lowest BCUT2D eigenvalue weighted by Crippen LogP contribution is -2.25. The highest BCUT2D eigenvalue weighted by atomic mass is 35.5. The minimum absolute atomic E-state index is 0. The van der Waals surface area contributed by atoms with E-state index in [4.69, 9.17) is 11.6 Å². The maximum Gasteiger partial charge on any atom is 0.271 e. The van der Waals surface area contributed by atoms with Crippen LogP contribution in [0.5, 0.6) is 0 Å². The molecule has 0 radical (unpaired) electrons. The Labute approximate surface area is 168 Å². The number of sulfonamides is 1. The first-order valence-corrected chi connectivity index (χ1v) is 10.7. The lowest BCUT2D eigenvalue weighted by molar-refractivity contribution is 0.602. The van der Waals surface area contributed by atoms with Gasteiger partial charge in [0.15, 0.2) is 0 Å². The number of benzene rings is 2. The molecule has 1 aliphatic heterocycles. The maximum atomic E-state index is 13.0. The quantitative estimate of drug-likeness (QED) is 0.633. The van der Waals surface area contributed by atoms with Crippen molar-refractivity contribution in [1.29, 1.82) is 0 Å². The smallest absolute Gasteiger partial charge is 0.271 e. The van der Waals surface area contributed by atoms with Crippen molar-refractivity contribution in [2.24, 2.45) is 0 Å². The summed E-state index contributed by atoms with van der Waals surface area (Å²) in [6.07, 6.45) is 0.815. The molecule has 138 valence electrons. The second-order valence-corrected chi connectivity index (χ2v) is 9.50. The van der Waals surface area contributed by atoms with Gasteiger partial charge in [-0.25, -0.2) is 8.42 Å². The summed E-state index contributed by atoms with van der Waals surface area (Å²) in [7, 11) is -3.65. The molecule has 1 aliphatic rings. The van der Waals surface area contributed by atoms with E-state index in [9.17, 15) is 8.42 Å². The fourth-order valence-corrected chi connectivity index (χ4v) is 6.26. The van der Waals surface area contributed by atoms with Gasteiger partial charge < -0.3 is 5.32 Å². The molecular weight excluding hydrogens is 411 g/mol. The van der Waals surface area contributed by atoms with Gasteiger partial charge in [-0.05, 0) is 66.2 Å². The van der Waals surface area contributed by atoms with E-state index in [0.717, 1.165) is 46.3 Å². The van der Waals surface area contributed by atoms with Crippen LogP contribution in [0.4, 0.5) is 5.69 Å². The van der Waals surface area contributed by atoms with E-state index >= 15 is 0 Å². The molecule has 0 spiro atoms. The molecule has 3 aromatic rings. The monoisotopic (exact) mass is 428 g/mol. The topological polar surface area (TPSA) is 58.2 Å². The van der Waals surface area contributed by atoms with Gasteiger partial charge in [-0.2, -0.15) is 0 Å². The van der Waals surface area contributed by atoms with Gasteiger partial charge in [-0.1, -0.05) is 23.7 Å². The van der Waals surface area contributed by atoms with Crippen molar-refractivity contribution in [3.8, 4) is 0 Å². The summed E-state index contributed by atoms with van der Waals surface area (Å²) < 4.78 is 30.1. The standard InChI is InChI=1S/C18H17ClN2O2S2.ClH/c1-11-15-9-13(19)5-6-17(15)24-18(11)25(22,23)21-16-4-2-3-12-10-20-8-7-14(12)16;/h2-6,9,20-21H,7-8,10H2,1H3;1H. The van der Waals surface area contributed by atoms with Crippen LogP contribution in [0.1, 0.15) is 16.7 Å². The zero-order valence-electron chi connectivity index (χ0n) is 14.0. The summed E-state index contributed by atoms with van der Waals surface area (Å²) in [5, 5.41) is 4.80. The van der Waals surface area contributed by atoms with Gasteiger partial charge in [-0.3, -0.25) is 4.72 Å². The Kier molecular flexibility index (Phi) is 5.51. The second-order valence-electron chi connectivity index (χ2n) is 6.13. The van der Waals surface area contributed by atoms with Crippen LogP contribution < -0.4 is 10.0 Å². The van der Waals surface area contributed by atoms with Crippen LogP contribution >= 0.6 is 35.3 Å². The van der Waals surface area contributed by atoms with Crippen molar-refractivity contribution in [3.63, 3.8) is 0 Å². The van der Waals surface area contributed by atoms with Crippen molar-refractivity contribution in [2.45, 2.75) is 24.1 Å². The SMILES string of the molecule is Cc1c(S(=O)(=O)Nc2cccc3c2CCNC3)sc2ccc(Cl)cc12.Cl. The first-order chi connectivity index (χ1) is 12.0. The molecule has 0 saturated carbocycles. The molecule has 0 amide bonds. The van der Waals surface area contributed by atoms with Gasteiger partial charge in [0.05, 0.1) is 5.69 Å². The Morgan fingerprint density at radius 1 is 1.23 bits per heavy atom. The molecule has 2 N–H and O–H groups in total. The summed E-state index contributed by atoms with van der Waals surface area (Å²) in [5.74, 6) is 0. The maximum absolute atomic E-state index is 13.0. The number of hydrogen-bond acceptors (Lipinski definition) is 4. The minimum Gasteiger partial charge on any atom is -0.312 e. The number of aryl methyl sites for hydroxylation is 1. The van der Waals surface area contributed by atoms with Crippen molar-refractivity contribution in [2.75, 3.05) is 11.3 Å². The number of anilines is 1. The zero-order chi connectivity index (χ0) is 17.6.